The summed E-state index contributed by atoms with van der Waals surface area (Å²) in [5.74, 6) is -0.653. The van der Waals surface area contributed by atoms with E-state index in [0.29, 0.717) is 0 Å². The molecule has 0 heterocycles. The van der Waals surface area contributed by atoms with E-state index in [1.165, 1.54) is 13.8 Å². The SMILES string of the molecule is C=C(C)C(=O)OC(C)CCC(F)(F)F. The molecule has 0 amide bonds. The number of halogens is 3. The topological polar surface area (TPSA) is 26.3 Å². The van der Waals surface area contributed by atoms with Gasteiger partial charge in [0.25, 0.3) is 0 Å². The number of esters is 1. The Balaban J connectivity index is 3.82. The Bertz CT molecular complexity index is 221. The van der Waals surface area contributed by atoms with Gasteiger partial charge in [-0.1, -0.05) is 6.58 Å². The molecule has 0 saturated carbocycles. The zero-order valence-electron chi connectivity index (χ0n) is 8.15. The van der Waals surface area contributed by atoms with Gasteiger partial charge in [-0.3, -0.25) is 0 Å². The Morgan fingerprint density at radius 2 is 2.00 bits per heavy atom. The first kappa shape index (κ1) is 13.0. The lowest BCUT2D eigenvalue weighted by atomic mass is 10.2. The number of rotatable bonds is 4. The van der Waals surface area contributed by atoms with E-state index in [-0.39, 0.29) is 12.0 Å². The highest BCUT2D eigenvalue weighted by Crippen LogP contribution is 2.23. The second-order valence-corrected chi connectivity index (χ2v) is 3.15. The second kappa shape index (κ2) is 5.02. The predicted molar refractivity (Wildman–Crippen MR) is 45.7 cm³/mol. The van der Waals surface area contributed by atoms with Gasteiger partial charge in [0.2, 0.25) is 0 Å². The summed E-state index contributed by atoms with van der Waals surface area (Å²) in [5, 5.41) is 0. The fraction of sp³-hybridized carbons (Fsp3) is 0.667. The third-order valence-corrected chi connectivity index (χ3v) is 1.49. The molecule has 0 bridgehead atoms. The Hall–Kier alpha value is -1.00. The number of ether oxygens (including phenoxy) is 1. The molecular weight excluding hydrogens is 197 g/mol. The number of carbonyl (C=O) groups excluding carboxylic acids is 1. The van der Waals surface area contributed by atoms with Crippen molar-refractivity contribution in [3.05, 3.63) is 12.2 Å². The van der Waals surface area contributed by atoms with Crippen molar-refractivity contribution in [1.82, 2.24) is 0 Å². The number of hydrogen-bond acceptors (Lipinski definition) is 2. The predicted octanol–water partition coefficient (Wildman–Crippen LogP) is 2.84. The molecule has 1 atom stereocenters. The van der Waals surface area contributed by atoms with Gasteiger partial charge in [0.1, 0.15) is 0 Å². The van der Waals surface area contributed by atoms with E-state index < -0.39 is 24.7 Å². The molecule has 5 heteroatoms. The quantitative estimate of drug-likeness (QED) is 0.526. The van der Waals surface area contributed by atoms with E-state index in [4.69, 9.17) is 0 Å². The monoisotopic (exact) mass is 210 g/mol. The lowest BCUT2D eigenvalue weighted by molar-refractivity contribution is -0.153. The van der Waals surface area contributed by atoms with Crippen molar-refractivity contribution in [1.29, 1.82) is 0 Å². The minimum absolute atomic E-state index is 0.184. The van der Waals surface area contributed by atoms with Crippen LogP contribution in [0.3, 0.4) is 0 Å². The van der Waals surface area contributed by atoms with Gasteiger partial charge >= 0.3 is 12.1 Å². The molecule has 0 fully saturated rings. The summed E-state index contributed by atoms with van der Waals surface area (Å²) in [7, 11) is 0. The minimum Gasteiger partial charge on any atom is -0.459 e. The molecule has 0 aliphatic carbocycles. The number of hydrogen-bond donors (Lipinski definition) is 0. The van der Waals surface area contributed by atoms with Crippen molar-refractivity contribution in [3.8, 4) is 0 Å². The Kier molecular flexibility index (Phi) is 4.67. The van der Waals surface area contributed by atoms with Gasteiger partial charge in [-0.2, -0.15) is 13.2 Å². The van der Waals surface area contributed by atoms with E-state index in [1.807, 2.05) is 0 Å². The van der Waals surface area contributed by atoms with Gasteiger partial charge in [-0.15, -0.1) is 0 Å². The summed E-state index contributed by atoms with van der Waals surface area (Å²) in [6.07, 6.45) is -6.11. The van der Waals surface area contributed by atoms with Crippen LogP contribution in [0, 0.1) is 0 Å². The molecule has 0 aromatic rings. The van der Waals surface area contributed by atoms with Crippen molar-refractivity contribution >= 4 is 5.97 Å². The standard InChI is InChI=1S/C9H13F3O2/c1-6(2)8(13)14-7(3)4-5-9(10,11)12/h7H,1,4-5H2,2-3H3. The van der Waals surface area contributed by atoms with Gasteiger partial charge in [0, 0.05) is 12.0 Å². The summed E-state index contributed by atoms with van der Waals surface area (Å²) in [6.45, 7) is 6.19. The summed E-state index contributed by atoms with van der Waals surface area (Å²) >= 11 is 0. The first-order chi connectivity index (χ1) is 6.22. The molecule has 0 aliphatic rings. The smallest absolute Gasteiger partial charge is 0.389 e. The average molecular weight is 210 g/mol. The third-order valence-electron chi connectivity index (χ3n) is 1.49. The Morgan fingerprint density at radius 1 is 1.50 bits per heavy atom. The van der Waals surface area contributed by atoms with Crippen LogP contribution in [-0.2, 0) is 9.53 Å². The molecule has 14 heavy (non-hydrogen) atoms. The summed E-state index contributed by atoms with van der Waals surface area (Å²) in [6, 6.07) is 0. The molecule has 0 spiro atoms. The minimum atomic E-state index is -4.20. The van der Waals surface area contributed by atoms with Gasteiger partial charge in [0.15, 0.2) is 0 Å². The highest BCUT2D eigenvalue weighted by atomic mass is 19.4. The van der Waals surface area contributed by atoms with Crippen LogP contribution in [0.1, 0.15) is 26.7 Å². The largest absolute Gasteiger partial charge is 0.459 e. The van der Waals surface area contributed by atoms with Crippen LogP contribution in [0.4, 0.5) is 13.2 Å². The van der Waals surface area contributed by atoms with E-state index in [2.05, 4.69) is 11.3 Å². The second-order valence-electron chi connectivity index (χ2n) is 3.15. The molecule has 0 aromatic carbocycles. The van der Waals surface area contributed by atoms with Crippen LogP contribution in [-0.4, -0.2) is 18.2 Å². The van der Waals surface area contributed by atoms with Gasteiger partial charge in [0.05, 0.1) is 6.10 Å². The molecule has 0 radical (unpaired) electrons. The van der Waals surface area contributed by atoms with Crippen LogP contribution < -0.4 is 0 Å². The van der Waals surface area contributed by atoms with Gasteiger partial charge in [-0.05, 0) is 20.3 Å². The molecule has 82 valence electrons. The fourth-order valence-electron chi connectivity index (χ4n) is 0.709. The maximum absolute atomic E-state index is 11.8. The lowest BCUT2D eigenvalue weighted by Gasteiger charge is -2.14. The molecular formula is C9H13F3O2. The van der Waals surface area contributed by atoms with Crippen LogP contribution in [0.5, 0.6) is 0 Å². The first-order valence-electron chi connectivity index (χ1n) is 4.15. The van der Waals surface area contributed by atoms with Crippen LogP contribution in [0.15, 0.2) is 12.2 Å². The van der Waals surface area contributed by atoms with Crippen molar-refractivity contribution < 1.29 is 22.7 Å². The highest BCUT2D eigenvalue weighted by molar-refractivity contribution is 5.87. The summed E-state index contributed by atoms with van der Waals surface area (Å²) in [4.78, 5) is 10.9. The molecule has 0 rings (SSSR count). The van der Waals surface area contributed by atoms with Crippen molar-refractivity contribution in [2.75, 3.05) is 0 Å². The zero-order chi connectivity index (χ0) is 11.4. The summed E-state index contributed by atoms with van der Waals surface area (Å²) < 4.78 is 39.9. The van der Waals surface area contributed by atoms with Crippen LogP contribution >= 0.6 is 0 Å². The van der Waals surface area contributed by atoms with Crippen LogP contribution in [0.25, 0.3) is 0 Å². The molecule has 0 saturated heterocycles. The molecule has 1 unspecified atom stereocenters. The Labute approximate surface area is 80.7 Å². The first-order valence-corrected chi connectivity index (χ1v) is 4.15. The van der Waals surface area contributed by atoms with E-state index in [9.17, 15) is 18.0 Å². The molecule has 2 nitrogen and oxygen atoms in total. The van der Waals surface area contributed by atoms with Crippen LogP contribution in [0.2, 0.25) is 0 Å². The van der Waals surface area contributed by atoms with E-state index >= 15 is 0 Å². The van der Waals surface area contributed by atoms with Gasteiger partial charge in [-0.25, -0.2) is 4.79 Å². The normalized spacial score (nSPS) is 13.5. The summed E-state index contributed by atoms with van der Waals surface area (Å²) in [5.41, 5.74) is 0.184. The highest BCUT2D eigenvalue weighted by Gasteiger charge is 2.28. The van der Waals surface area contributed by atoms with E-state index in [0.717, 1.165) is 0 Å². The lowest BCUT2D eigenvalue weighted by Crippen LogP contribution is -2.18. The van der Waals surface area contributed by atoms with E-state index in [1.54, 1.807) is 0 Å². The fourth-order valence-corrected chi connectivity index (χ4v) is 0.709. The Morgan fingerprint density at radius 3 is 2.36 bits per heavy atom. The maximum atomic E-state index is 11.8. The number of carbonyl (C=O) groups is 1. The number of alkyl halides is 3. The molecule has 0 aliphatic heterocycles. The van der Waals surface area contributed by atoms with Crippen molar-refractivity contribution in [2.45, 2.75) is 39.0 Å². The maximum Gasteiger partial charge on any atom is 0.389 e. The zero-order valence-corrected chi connectivity index (χ0v) is 8.15. The third kappa shape index (κ3) is 6.51. The van der Waals surface area contributed by atoms with Crippen molar-refractivity contribution in [3.63, 3.8) is 0 Å². The average Bonchev–Trinajstić information content (AvgIpc) is 1.99. The van der Waals surface area contributed by atoms with Gasteiger partial charge < -0.3 is 4.74 Å². The molecule has 0 N–H and O–H groups in total. The van der Waals surface area contributed by atoms with Crippen molar-refractivity contribution in [2.24, 2.45) is 0 Å². The molecule has 0 aromatic heterocycles.